The van der Waals surface area contributed by atoms with E-state index >= 15 is 0 Å². The molecule has 104 valence electrons. The van der Waals surface area contributed by atoms with E-state index in [0.29, 0.717) is 12.2 Å². The van der Waals surface area contributed by atoms with Crippen molar-refractivity contribution in [3.63, 3.8) is 0 Å². The highest BCUT2D eigenvalue weighted by Gasteiger charge is 2.04. The summed E-state index contributed by atoms with van der Waals surface area (Å²) in [6, 6.07) is 8.34. The Balaban J connectivity index is 1.93. The Morgan fingerprint density at radius 3 is 2.90 bits per heavy atom. The van der Waals surface area contributed by atoms with Crippen LogP contribution >= 0.6 is 11.3 Å². The van der Waals surface area contributed by atoms with Gasteiger partial charge in [0.25, 0.3) is 0 Å². The Kier molecular flexibility index (Phi) is 4.90. The lowest BCUT2D eigenvalue weighted by atomic mass is 10.2. The summed E-state index contributed by atoms with van der Waals surface area (Å²) in [4.78, 5) is 11.6. The molecule has 2 rings (SSSR count). The quantitative estimate of drug-likeness (QED) is 0.827. The molecule has 2 aromatic rings. The topological polar surface area (TPSA) is 46.5 Å². The zero-order valence-electron chi connectivity index (χ0n) is 10.6. The van der Waals surface area contributed by atoms with Crippen LogP contribution in [0.3, 0.4) is 0 Å². The number of ether oxygens (including phenoxy) is 1. The molecule has 0 saturated heterocycles. The van der Waals surface area contributed by atoms with Gasteiger partial charge in [0.1, 0.15) is 0 Å². The van der Waals surface area contributed by atoms with Gasteiger partial charge in [-0.2, -0.15) is 0 Å². The second kappa shape index (κ2) is 6.86. The summed E-state index contributed by atoms with van der Waals surface area (Å²) in [5.41, 5.74) is 0.482. The summed E-state index contributed by atoms with van der Waals surface area (Å²) < 4.78 is 19.1. The Bertz CT molecular complexity index is 606. The molecular formula is C15H13FO3S. The summed E-state index contributed by atoms with van der Waals surface area (Å²) in [5.74, 6) is -1.39. The smallest absolute Gasteiger partial charge is 0.328 e. The number of benzene rings is 1. The fraction of sp³-hybridized carbons (Fsp3) is 0.133. The molecular weight excluding hydrogens is 279 g/mol. The summed E-state index contributed by atoms with van der Waals surface area (Å²) in [6.07, 6.45) is 3.03. The zero-order chi connectivity index (χ0) is 14.4. The SMILES string of the molecule is O=C(O)/C=C/c1ccc(OCCc2cccs2)c(F)c1. The minimum atomic E-state index is -1.07. The Hall–Kier alpha value is -2.14. The lowest BCUT2D eigenvalue weighted by molar-refractivity contribution is -0.131. The van der Waals surface area contributed by atoms with Crippen LogP contribution in [-0.2, 0) is 11.2 Å². The normalized spacial score (nSPS) is 10.8. The van der Waals surface area contributed by atoms with E-state index in [0.717, 1.165) is 12.5 Å². The number of hydrogen-bond donors (Lipinski definition) is 1. The van der Waals surface area contributed by atoms with Gasteiger partial charge in [-0.05, 0) is 35.2 Å². The molecule has 0 aliphatic carbocycles. The van der Waals surface area contributed by atoms with E-state index < -0.39 is 11.8 Å². The molecule has 0 fully saturated rings. The molecule has 3 nitrogen and oxygen atoms in total. The Labute approximate surface area is 119 Å². The number of hydrogen-bond acceptors (Lipinski definition) is 3. The van der Waals surface area contributed by atoms with Gasteiger partial charge >= 0.3 is 5.97 Å². The third-order valence-electron chi connectivity index (χ3n) is 2.56. The molecule has 0 aliphatic heterocycles. The van der Waals surface area contributed by atoms with E-state index in [1.165, 1.54) is 23.1 Å². The van der Waals surface area contributed by atoms with Crippen LogP contribution in [0.1, 0.15) is 10.4 Å². The fourth-order valence-corrected chi connectivity index (χ4v) is 2.31. The maximum atomic E-state index is 13.7. The molecule has 1 N–H and O–H groups in total. The molecule has 0 bridgehead atoms. The largest absolute Gasteiger partial charge is 0.490 e. The van der Waals surface area contributed by atoms with Gasteiger partial charge in [-0.15, -0.1) is 11.3 Å². The second-order valence-corrected chi connectivity index (χ2v) is 5.07. The second-order valence-electron chi connectivity index (χ2n) is 4.04. The number of rotatable bonds is 6. The number of halogens is 1. The number of aliphatic carboxylic acids is 1. The third-order valence-corrected chi connectivity index (χ3v) is 3.50. The maximum Gasteiger partial charge on any atom is 0.328 e. The van der Waals surface area contributed by atoms with Gasteiger partial charge in [0.05, 0.1) is 6.61 Å². The van der Waals surface area contributed by atoms with Gasteiger partial charge in [0, 0.05) is 17.4 Å². The molecule has 0 aliphatic rings. The third kappa shape index (κ3) is 4.20. The molecule has 1 heterocycles. The highest BCUT2D eigenvalue weighted by Crippen LogP contribution is 2.20. The summed E-state index contributed by atoms with van der Waals surface area (Å²) in [5, 5.41) is 10.5. The van der Waals surface area contributed by atoms with E-state index in [9.17, 15) is 9.18 Å². The van der Waals surface area contributed by atoms with Crippen molar-refractivity contribution in [3.8, 4) is 5.75 Å². The van der Waals surface area contributed by atoms with Crippen LogP contribution in [0.5, 0.6) is 5.75 Å². The summed E-state index contributed by atoms with van der Waals surface area (Å²) in [6.45, 7) is 0.405. The molecule has 0 amide bonds. The number of carboxylic acid groups (broad SMARTS) is 1. The number of thiophene rings is 1. The van der Waals surface area contributed by atoms with Crippen molar-refractivity contribution in [1.29, 1.82) is 0 Å². The minimum absolute atomic E-state index is 0.175. The van der Waals surface area contributed by atoms with Crippen LogP contribution in [0, 0.1) is 5.82 Å². The van der Waals surface area contributed by atoms with Crippen LogP contribution in [0.15, 0.2) is 41.8 Å². The van der Waals surface area contributed by atoms with Crippen molar-refractivity contribution < 1.29 is 19.0 Å². The van der Waals surface area contributed by atoms with Gasteiger partial charge in [0.2, 0.25) is 0 Å². The predicted octanol–water partition coefficient (Wildman–Crippen LogP) is 3.61. The van der Waals surface area contributed by atoms with Crippen LogP contribution < -0.4 is 4.74 Å². The lowest BCUT2D eigenvalue weighted by Crippen LogP contribution is -2.01. The van der Waals surface area contributed by atoms with Crippen molar-refractivity contribution in [2.45, 2.75) is 6.42 Å². The molecule has 0 saturated carbocycles. The molecule has 0 radical (unpaired) electrons. The van der Waals surface area contributed by atoms with Crippen LogP contribution in [-0.4, -0.2) is 17.7 Å². The van der Waals surface area contributed by atoms with Gasteiger partial charge in [-0.25, -0.2) is 9.18 Å². The van der Waals surface area contributed by atoms with Crippen molar-refractivity contribution >= 4 is 23.4 Å². The van der Waals surface area contributed by atoms with Crippen LogP contribution in [0.25, 0.3) is 6.08 Å². The highest BCUT2D eigenvalue weighted by atomic mass is 32.1. The summed E-state index contributed by atoms with van der Waals surface area (Å²) >= 11 is 1.64. The van der Waals surface area contributed by atoms with Gasteiger partial charge in [-0.1, -0.05) is 12.1 Å². The molecule has 5 heteroatoms. The monoisotopic (exact) mass is 292 g/mol. The van der Waals surface area contributed by atoms with Crippen LogP contribution in [0.2, 0.25) is 0 Å². The molecule has 1 aromatic carbocycles. The van der Waals surface area contributed by atoms with Gasteiger partial charge in [0.15, 0.2) is 11.6 Å². The first-order valence-corrected chi connectivity index (χ1v) is 6.89. The van der Waals surface area contributed by atoms with E-state index in [4.69, 9.17) is 9.84 Å². The maximum absolute atomic E-state index is 13.7. The molecule has 0 atom stereocenters. The lowest BCUT2D eigenvalue weighted by Gasteiger charge is -2.07. The van der Waals surface area contributed by atoms with E-state index in [2.05, 4.69) is 0 Å². The average molecular weight is 292 g/mol. The van der Waals surface area contributed by atoms with Gasteiger partial charge in [-0.3, -0.25) is 0 Å². The van der Waals surface area contributed by atoms with Crippen molar-refractivity contribution in [2.75, 3.05) is 6.61 Å². The number of carbonyl (C=O) groups is 1. The standard InChI is InChI=1S/C15H13FO3S/c16-13-10-11(4-6-15(17)18)3-5-14(13)19-8-7-12-2-1-9-20-12/h1-6,9-10H,7-8H2,(H,17,18)/b6-4+. The minimum Gasteiger partial charge on any atom is -0.490 e. The van der Waals surface area contributed by atoms with Gasteiger partial charge < -0.3 is 9.84 Å². The molecule has 1 aromatic heterocycles. The van der Waals surface area contributed by atoms with E-state index in [1.807, 2.05) is 17.5 Å². The molecule has 0 unspecified atom stereocenters. The zero-order valence-corrected chi connectivity index (χ0v) is 11.4. The molecule has 0 spiro atoms. The Morgan fingerprint density at radius 2 is 2.25 bits per heavy atom. The average Bonchev–Trinajstić information content (AvgIpc) is 2.92. The summed E-state index contributed by atoms with van der Waals surface area (Å²) in [7, 11) is 0. The highest BCUT2D eigenvalue weighted by molar-refractivity contribution is 7.09. The van der Waals surface area contributed by atoms with Crippen molar-refractivity contribution in [3.05, 3.63) is 58.0 Å². The first-order valence-electron chi connectivity index (χ1n) is 6.01. The van der Waals surface area contributed by atoms with Crippen molar-refractivity contribution in [2.24, 2.45) is 0 Å². The van der Waals surface area contributed by atoms with E-state index in [1.54, 1.807) is 17.4 Å². The van der Waals surface area contributed by atoms with Crippen LogP contribution in [0.4, 0.5) is 4.39 Å². The van der Waals surface area contributed by atoms with Crippen molar-refractivity contribution in [1.82, 2.24) is 0 Å². The first-order chi connectivity index (χ1) is 9.65. The van der Waals surface area contributed by atoms with E-state index in [-0.39, 0.29) is 5.75 Å². The first kappa shape index (κ1) is 14.3. The molecule has 20 heavy (non-hydrogen) atoms. The Morgan fingerprint density at radius 1 is 1.40 bits per heavy atom. The number of carboxylic acids is 1. The fourth-order valence-electron chi connectivity index (χ4n) is 1.62. The predicted molar refractivity (Wildman–Crippen MR) is 76.6 cm³/mol.